The molecule has 0 radical (unpaired) electrons. The highest BCUT2D eigenvalue weighted by Crippen LogP contribution is 2.35. The van der Waals surface area contributed by atoms with Gasteiger partial charge < -0.3 is 29.8 Å². The molecule has 2 unspecified atom stereocenters. The second-order valence-electron chi connectivity index (χ2n) is 7.80. The molecule has 34 heavy (non-hydrogen) atoms. The number of H-pyrrole nitrogens is 1. The fraction of sp³-hybridized carbons (Fsp3) is 0.238. The first-order valence-electron chi connectivity index (χ1n) is 10.0. The van der Waals surface area contributed by atoms with Crippen molar-refractivity contribution < 1.29 is 29.0 Å². The number of rotatable bonds is 7. The van der Waals surface area contributed by atoms with E-state index in [1.54, 1.807) is 19.2 Å². The van der Waals surface area contributed by atoms with Crippen LogP contribution in [-0.4, -0.2) is 58.5 Å². The number of carboxylic acid groups (broad SMARTS) is 1. The summed E-state index contributed by atoms with van der Waals surface area (Å²) in [5.41, 5.74) is 3.19. The molecule has 2 atom stereocenters. The van der Waals surface area contributed by atoms with E-state index in [0.717, 1.165) is 16.9 Å². The Morgan fingerprint density at radius 2 is 1.85 bits per heavy atom. The van der Waals surface area contributed by atoms with E-state index >= 15 is 0 Å². The first-order valence-corrected chi connectivity index (χ1v) is 11.8. The molecule has 1 amide bonds. The Kier molecular flexibility index (Phi) is 7.13. The molecular weight excluding hydrogens is 485 g/mol. The highest BCUT2D eigenvalue weighted by molar-refractivity contribution is 7.51. The molecule has 2 heterocycles. The molecule has 0 aliphatic rings. The topological polar surface area (TPSA) is 170 Å². The number of imidazole rings is 2. The summed E-state index contributed by atoms with van der Waals surface area (Å²) in [6.07, 6.45) is -0.999. The average Bonchev–Trinajstić information content (AvgIpc) is 3.33. The number of aromatic amines is 1. The third kappa shape index (κ3) is 5.13. The van der Waals surface area contributed by atoms with Gasteiger partial charge in [0.05, 0.1) is 34.1 Å². The van der Waals surface area contributed by atoms with Crippen molar-refractivity contribution in [1.82, 2.24) is 24.8 Å². The lowest BCUT2D eigenvalue weighted by Gasteiger charge is -2.15. The van der Waals surface area contributed by atoms with Gasteiger partial charge in [0.2, 0.25) is 0 Å². The van der Waals surface area contributed by atoms with Gasteiger partial charge in [-0.15, -0.1) is 12.4 Å². The Morgan fingerprint density at radius 3 is 2.50 bits per heavy atom. The molecule has 5 N–H and O–H groups in total. The number of halogens is 1. The Bertz CT molecular complexity index is 1390. The lowest BCUT2D eigenvalue weighted by molar-refractivity contribution is -0.138. The smallest absolute Gasteiger partial charge is 0.328 e. The van der Waals surface area contributed by atoms with Crippen LogP contribution in [0.3, 0.4) is 0 Å². The second kappa shape index (κ2) is 9.55. The summed E-state index contributed by atoms with van der Waals surface area (Å²) in [6.45, 7) is 1.96. The molecule has 2 aromatic heterocycles. The van der Waals surface area contributed by atoms with Gasteiger partial charge in [-0.3, -0.25) is 9.36 Å². The molecule has 0 aliphatic carbocycles. The van der Waals surface area contributed by atoms with Crippen LogP contribution in [0.1, 0.15) is 34.8 Å². The summed E-state index contributed by atoms with van der Waals surface area (Å²) < 4.78 is 13.0. The molecule has 0 fully saturated rings. The SMILES string of the molecule is CC(c1nc2ccccc2[nH]1)c1nc2ccc(C(=O)NC(CP(=O)(O)O)C(=O)O)cc2n1C.Cl. The molecular formula is C21H23ClN5O6P. The predicted octanol–water partition coefficient (Wildman–Crippen LogP) is 2.38. The predicted molar refractivity (Wildman–Crippen MR) is 127 cm³/mol. The van der Waals surface area contributed by atoms with Crippen LogP contribution in [0.15, 0.2) is 42.5 Å². The Hall–Kier alpha value is -3.24. The number of carbonyl (C=O) groups is 2. The summed E-state index contributed by atoms with van der Waals surface area (Å²) >= 11 is 0. The lowest BCUT2D eigenvalue weighted by Crippen LogP contribution is -2.43. The number of hydrogen-bond acceptors (Lipinski definition) is 5. The molecule has 13 heteroatoms. The highest BCUT2D eigenvalue weighted by atomic mass is 35.5. The zero-order chi connectivity index (χ0) is 23.9. The van der Waals surface area contributed by atoms with Gasteiger partial charge in [0.1, 0.15) is 17.7 Å². The molecule has 0 aliphatic heterocycles. The quantitative estimate of drug-likeness (QED) is 0.237. The first kappa shape index (κ1) is 25.4. The maximum absolute atomic E-state index is 12.6. The maximum Gasteiger partial charge on any atom is 0.328 e. The summed E-state index contributed by atoms with van der Waals surface area (Å²) in [7, 11) is -2.83. The molecule has 11 nitrogen and oxygen atoms in total. The van der Waals surface area contributed by atoms with Crippen LogP contribution in [-0.2, 0) is 16.4 Å². The number of aliphatic carboxylic acids is 1. The number of carbonyl (C=O) groups excluding carboxylic acids is 1. The molecule has 0 spiro atoms. The number of nitrogens with one attached hydrogen (secondary N) is 2. The van der Waals surface area contributed by atoms with Crippen molar-refractivity contribution in [2.24, 2.45) is 7.05 Å². The molecule has 180 valence electrons. The van der Waals surface area contributed by atoms with Crippen LogP contribution >= 0.6 is 20.0 Å². The molecule has 4 aromatic rings. The van der Waals surface area contributed by atoms with Crippen LogP contribution in [0.4, 0.5) is 0 Å². The summed E-state index contributed by atoms with van der Waals surface area (Å²) in [5.74, 6) is -1.01. The van der Waals surface area contributed by atoms with Gasteiger partial charge >= 0.3 is 13.6 Å². The number of hydrogen-bond donors (Lipinski definition) is 5. The van der Waals surface area contributed by atoms with Crippen molar-refractivity contribution in [3.05, 3.63) is 59.7 Å². The number of carboxylic acids is 1. The lowest BCUT2D eigenvalue weighted by atomic mass is 10.1. The number of amides is 1. The van der Waals surface area contributed by atoms with Gasteiger partial charge in [-0.1, -0.05) is 12.1 Å². The normalized spacial score (nSPS) is 13.4. The summed E-state index contributed by atoms with van der Waals surface area (Å²) in [5, 5.41) is 11.4. The fourth-order valence-corrected chi connectivity index (χ4v) is 4.42. The fourth-order valence-electron chi connectivity index (χ4n) is 3.70. The number of nitrogens with zero attached hydrogens (tertiary/aromatic N) is 3. The largest absolute Gasteiger partial charge is 0.480 e. The van der Waals surface area contributed by atoms with Crippen molar-refractivity contribution in [2.75, 3.05) is 6.16 Å². The molecule has 0 bridgehead atoms. The summed E-state index contributed by atoms with van der Waals surface area (Å²) in [4.78, 5) is 54.6. The minimum Gasteiger partial charge on any atom is -0.480 e. The zero-order valence-electron chi connectivity index (χ0n) is 18.2. The van der Waals surface area contributed by atoms with Crippen molar-refractivity contribution in [2.45, 2.75) is 18.9 Å². The summed E-state index contributed by atoms with van der Waals surface area (Å²) in [6, 6.07) is 10.6. The Labute approximate surface area is 199 Å². The third-order valence-electron chi connectivity index (χ3n) is 5.41. The van der Waals surface area contributed by atoms with E-state index in [2.05, 4.69) is 20.3 Å². The molecule has 0 saturated carbocycles. The van der Waals surface area contributed by atoms with E-state index in [-0.39, 0.29) is 23.9 Å². The third-order valence-corrected chi connectivity index (χ3v) is 6.25. The minimum atomic E-state index is -4.64. The number of para-hydroxylation sites is 2. The van der Waals surface area contributed by atoms with Gasteiger partial charge in [-0.25, -0.2) is 14.8 Å². The monoisotopic (exact) mass is 507 g/mol. The maximum atomic E-state index is 12.6. The second-order valence-corrected chi connectivity index (χ2v) is 9.50. The van der Waals surface area contributed by atoms with Crippen molar-refractivity contribution in [1.29, 1.82) is 0 Å². The van der Waals surface area contributed by atoms with Crippen LogP contribution in [0.2, 0.25) is 0 Å². The molecule has 0 saturated heterocycles. The number of aromatic nitrogens is 4. The van der Waals surface area contributed by atoms with Gasteiger partial charge in [-0.05, 0) is 37.3 Å². The molecule has 2 aromatic carbocycles. The van der Waals surface area contributed by atoms with Crippen molar-refractivity contribution in [3.8, 4) is 0 Å². The van der Waals surface area contributed by atoms with Crippen LogP contribution < -0.4 is 5.32 Å². The van der Waals surface area contributed by atoms with Gasteiger partial charge in [0.15, 0.2) is 0 Å². The zero-order valence-corrected chi connectivity index (χ0v) is 19.9. The van der Waals surface area contributed by atoms with Gasteiger partial charge in [-0.2, -0.15) is 0 Å². The minimum absolute atomic E-state index is 0. The van der Waals surface area contributed by atoms with E-state index in [1.165, 1.54) is 6.07 Å². The highest BCUT2D eigenvalue weighted by Gasteiger charge is 2.29. The van der Waals surface area contributed by atoms with E-state index in [1.807, 2.05) is 35.8 Å². The average molecular weight is 508 g/mol. The Balaban J connectivity index is 0.00000324. The van der Waals surface area contributed by atoms with Crippen molar-refractivity contribution >= 4 is 53.9 Å². The van der Waals surface area contributed by atoms with Crippen molar-refractivity contribution in [3.63, 3.8) is 0 Å². The van der Waals surface area contributed by atoms with E-state index in [4.69, 9.17) is 9.79 Å². The van der Waals surface area contributed by atoms with E-state index in [9.17, 15) is 19.3 Å². The first-order chi connectivity index (χ1) is 15.5. The standard InChI is InChI=1S/C21H22N5O6P.ClH/c1-11(18-22-13-5-3-4-6-14(13)23-18)19-24-15-8-7-12(9-17(15)26(19)2)20(27)25-16(21(28)29)10-33(30,31)32;/h3-9,11,16H,10H2,1-2H3,(H,22,23)(H,25,27)(H,28,29)(H2,30,31,32);1H. The number of fused-ring (bicyclic) bond motifs is 2. The molecule has 4 rings (SSSR count). The van der Waals surface area contributed by atoms with E-state index in [0.29, 0.717) is 16.9 Å². The number of benzene rings is 2. The van der Waals surface area contributed by atoms with Crippen LogP contribution in [0, 0.1) is 0 Å². The number of aryl methyl sites for hydroxylation is 1. The Morgan fingerprint density at radius 1 is 1.15 bits per heavy atom. The van der Waals surface area contributed by atoms with E-state index < -0.39 is 31.7 Å². The van der Waals surface area contributed by atoms with Gasteiger partial charge in [0.25, 0.3) is 5.91 Å². The van der Waals surface area contributed by atoms with Gasteiger partial charge in [0, 0.05) is 12.6 Å². The van der Waals surface area contributed by atoms with Crippen LogP contribution in [0.25, 0.3) is 22.1 Å². The van der Waals surface area contributed by atoms with Crippen LogP contribution in [0.5, 0.6) is 0 Å².